The number of nitrogens with one attached hydrogen (secondary N) is 1. The highest BCUT2D eigenvalue weighted by molar-refractivity contribution is 5.49. The van der Waals surface area contributed by atoms with Gasteiger partial charge in [0.15, 0.2) is 11.6 Å². The maximum absolute atomic E-state index is 9.68. The van der Waals surface area contributed by atoms with Gasteiger partial charge in [-0.1, -0.05) is 13.3 Å². The summed E-state index contributed by atoms with van der Waals surface area (Å²) < 4.78 is 5.67. The van der Waals surface area contributed by atoms with Gasteiger partial charge in [-0.3, -0.25) is 0 Å². The molecule has 0 saturated heterocycles. The molecule has 1 aromatic heterocycles. The van der Waals surface area contributed by atoms with Crippen LogP contribution in [0.1, 0.15) is 39.0 Å². The van der Waals surface area contributed by atoms with Crippen molar-refractivity contribution in [3.8, 4) is 5.75 Å². The van der Waals surface area contributed by atoms with E-state index in [-0.39, 0.29) is 6.10 Å². The molecule has 1 aliphatic rings. The molecule has 0 spiro atoms. The van der Waals surface area contributed by atoms with Crippen molar-refractivity contribution >= 4 is 5.82 Å². The summed E-state index contributed by atoms with van der Waals surface area (Å²) in [4.78, 5) is 4.34. The Morgan fingerprint density at radius 3 is 3.16 bits per heavy atom. The molecule has 0 amide bonds. The Morgan fingerprint density at radius 1 is 1.47 bits per heavy atom. The molecule has 19 heavy (non-hydrogen) atoms. The van der Waals surface area contributed by atoms with Crippen LogP contribution in [0, 0.1) is 5.92 Å². The Labute approximate surface area is 115 Å². The Kier molecular flexibility index (Phi) is 5.45. The van der Waals surface area contributed by atoms with Crippen LogP contribution in [0.25, 0.3) is 0 Å². The zero-order valence-corrected chi connectivity index (χ0v) is 11.6. The fourth-order valence-electron chi connectivity index (χ4n) is 2.54. The van der Waals surface area contributed by atoms with E-state index >= 15 is 0 Å². The highest BCUT2D eigenvalue weighted by Gasteiger charge is 2.20. The Bertz CT molecular complexity index is 384. The summed E-state index contributed by atoms with van der Waals surface area (Å²) >= 11 is 0. The van der Waals surface area contributed by atoms with Crippen molar-refractivity contribution in [3.05, 3.63) is 18.3 Å². The minimum absolute atomic E-state index is 0.125. The molecule has 4 nitrogen and oxygen atoms in total. The standard InChI is InChI=1S/C15H24N2O2/c1-2-9-19-14-7-4-8-16-15(14)17-11-12-5-3-6-13(18)10-12/h4,7-8,12-13,18H,2-3,5-6,9-11H2,1H3,(H,16,17). The van der Waals surface area contributed by atoms with Gasteiger partial charge in [0.1, 0.15) is 0 Å². The molecule has 1 aromatic rings. The fraction of sp³-hybridized carbons (Fsp3) is 0.667. The summed E-state index contributed by atoms with van der Waals surface area (Å²) in [5, 5.41) is 13.0. The minimum Gasteiger partial charge on any atom is -0.490 e. The number of ether oxygens (including phenoxy) is 1. The predicted octanol–water partition coefficient (Wildman–Crippen LogP) is 2.83. The number of aliphatic hydroxyl groups is 1. The molecule has 0 aliphatic heterocycles. The minimum atomic E-state index is -0.125. The van der Waals surface area contributed by atoms with Crippen molar-refractivity contribution in [2.24, 2.45) is 5.92 Å². The van der Waals surface area contributed by atoms with Crippen LogP contribution in [0.4, 0.5) is 5.82 Å². The topological polar surface area (TPSA) is 54.4 Å². The van der Waals surface area contributed by atoms with E-state index in [0.717, 1.165) is 43.8 Å². The number of anilines is 1. The maximum atomic E-state index is 9.68. The first kappa shape index (κ1) is 14.1. The third kappa shape index (κ3) is 4.39. The average molecular weight is 264 g/mol. The van der Waals surface area contributed by atoms with Crippen molar-refractivity contribution < 1.29 is 9.84 Å². The normalized spacial score (nSPS) is 23.1. The molecular formula is C15H24N2O2. The van der Waals surface area contributed by atoms with Crippen molar-refractivity contribution in [2.75, 3.05) is 18.5 Å². The van der Waals surface area contributed by atoms with E-state index in [1.165, 1.54) is 6.42 Å². The van der Waals surface area contributed by atoms with Crippen LogP contribution in [0.5, 0.6) is 5.75 Å². The van der Waals surface area contributed by atoms with E-state index in [1.807, 2.05) is 12.1 Å². The molecule has 0 radical (unpaired) electrons. The van der Waals surface area contributed by atoms with Crippen LogP contribution in [-0.4, -0.2) is 29.3 Å². The van der Waals surface area contributed by atoms with Gasteiger partial charge < -0.3 is 15.2 Å². The smallest absolute Gasteiger partial charge is 0.168 e. The molecule has 1 heterocycles. The Balaban J connectivity index is 1.87. The number of pyridine rings is 1. The van der Waals surface area contributed by atoms with Crippen LogP contribution in [0.2, 0.25) is 0 Å². The summed E-state index contributed by atoms with van der Waals surface area (Å²) in [6.45, 7) is 3.66. The number of aromatic nitrogens is 1. The molecule has 1 aliphatic carbocycles. The molecule has 106 valence electrons. The highest BCUT2D eigenvalue weighted by atomic mass is 16.5. The molecule has 2 atom stereocenters. The number of hydrogen-bond acceptors (Lipinski definition) is 4. The van der Waals surface area contributed by atoms with Gasteiger partial charge in [-0.05, 0) is 43.7 Å². The molecule has 2 N–H and O–H groups in total. The summed E-state index contributed by atoms with van der Waals surface area (Å²) in [6.07, 6.45) is 6.78. The van der Waals surface area contributed by atoms with Gasteiger partial charge in [-0.2, -0.15) is 0 Å². The molecule has 0 aromatic carbocycles. The summed E-state index contributed by atoms with van der Waals surface area (Å²) in [6, 6.07) is 3.83. The van der Waals surface area contributed by atoms with Crippen LogP contribution in [0.3, 0.4) is 0 Å². The van der Waals surface area contributed by atoms with Gasteiger partial charge in [0.05, 0.1) is 12.7 Å². The van der Waals surface area contributed by atoms with Gasteiger partial charge in [0.2, 0.25) is 0 Å². The Hall–Kier alpha value is -1.29. The summed E-state index contributed by atoms with van der Waals surface area (Å²) in [5.41, 5.74) is 0. The average Bonchev–Trinajstić information content (AvgIpc) is 2.44. The third-order valence-corrected chi connectivity index (χ3v) is 3.55. The molecule has 1 saturated carbocycles. The first-order valence-electron chi connectivity index (χ1n) is 7.29. The van der Waals surface area contributed by atoms with Crippen LogP contribution in [0.15, 0.2) is 18.3 Å². The lowest BCUT2D eigenvalue weighted by atomic mass is 9.87. The Morgan fingerprint density at radius 2 is 2.37 bits per heavy atom. The zero-order valence-electron chi connectivity index (χ0n) is 11.6. The number of aliphatic hydroxyl groups excluding tert-OH is 1. The quantitative estimate of drug-likeness (QED) is 0.829. The monoisotopic (exact) mass is 264 g/mol. The summed E-state index contributed by atoms with van der Waals surface area (Å²) in [5.74, 6) is 2.17. The largest absolute Gasteiger partial charge is 0.490 e. The number of rotatable bonds is 6. The first-order chi connectivity index (χ1) is 9.29. The van der Waals surface area contributed by atoms with Crippen molar-refractivity contribution in [1.82, 2.24) is 4.98 Å². The lowest BCUT2D eigenvalue weighted by molar-refractivity contribution is 0.104. The lowest BCUT2D eigenvalue weighted by Gasteiger charge is -2.26. The second kappa shape index (κ2) is 7.34. The van der Waals surface area contributed by atoms with E-state index in [1.54, 1.807) is 6.20 Å². The second-order valence-corrected chi connectivity index (χ2v) is 5.27. The molecule has 2 unspecified atom stereocenters. The van der Waals surface area contributed by atoms with E-state index in [4.69, 9.17) is 4.74 Å². The molecule has 1 fully saturated rings. The van der Waals surface area contributed by atoms with Gasteiger partial charge in [-0.15, -0.1) is 0 Å². The highest BCUT2D eigenvalue weighted by Crippen LogP contribution is 2.26. The van der Waals surface area contributed by atoms with Crippen LogP contribution >= 0.6 is 0 Å². The number of nitrogens with zero attached hydrogens (tertiary/aromatic N) is 1. The third-order valence-electron chi connectivity index (χ3n) is 3.55. The molecule has 4 heteroatoms. The van der Waals surface area contributed by atoms with Gasteiger partial charge >= 0.3 is 0 Å². The molecular weight excluding hydrogens is 240 g/mol. The van der Waals surface area contributed by atoms with Crippen molar-refractivity contribution in [1.29, 1.82) is 0 Å². The van der Waals surface area contributed by atoms with E-state index in [2.05, 4.69) is 17.2 Å². The van der Waals surface area contributed by atoms with Gasteiger partial charge in [0.25, 0.3) is 0 Å². The van der Waals surface area contributed by atoms with E-state index in [9.17, 15) is 5.11 Å². The predicted molar refractivity (Wildman–Crippen MR) is 76.5 cm³/mol. The maximum Gasteiger partial charge on any atom is 0.168 e. The SMILES string of the molecule is CCCOc1cccnc1NCC1CCCC(O)C1. The van der Waals surface area contributed by atoms with Gasteiger partial charge in [0, 0.05) is 12.7 Å². The van der Waals surface area contributed by atoms with E-state index in [0.29, 0.717) is 12.5 Å². The lowest BCUT2D eigenvalue weighted by Crippen LogP contribution is -2.25. The van der Waals surface area contributed by atoms with Crippen LogP contribution in [-0.2, 0) is 0 Å². The van der Waals surface area contributed by atoms with Crippen molar-refractivity contribution in [3.63, 3.8) is 0 Å². The zero-order chi connectivity index (χ0) is 13.5. The van der Waals surface area contributed by atoms with Crippen LogP contribution < -0.4 is 10.1 Å². The molecule has 0 bridgehead atoms. The summed E-state index contributed by atoms with van der Waals surface area (Å²) in [7, 11) is 0. The first-order valence-corrected chi connectivity index (χ1v) is 7.29. The fourth-order valence-corrected chi connectivity index (χ4v) is 2.54. The molecule has 2 rings (SSSR count). The van der Waals surface area contributed by atoms with Gasteiger partial charge in [-0.25, -0.2) is 4.98 Å². The van der Waals surface area contributed by atoms with E-state index < -0.39 is 0 Å². The van der Waals surface area contributed by atoms with Crippen molar-refractivity contribution in [2.45, 2.75) is 45.1 Å². The number of hydrogen-bond donors (Lipinski definition) is 2. The second-order valence-electron chi connectivity index (χ2n) is 5.27.